The van der Waals surface area contributed by atoms with Crippen LogP contribution in [0.25, 0.3) is 0 Å². The van der Waals surface area contributed by atoms with Gasteiger partial charge in [-0.15, -0.1) is 24.0 Å². The van der Waals surface area contributed by atoms with E-state index < -0.39 is 10.8 Å². The molecule has 3 atom stereocenters. The number of nitrogens with zero attached hydrogens (tertiary/aromatic N) is 1. The van der Waals surface area contributed by atoms with Crippen LogP contribution in [0, 0.1) is 0 Å². The Hall–Kier alpha value is -0.340. The third kappa shape index (κ3) is 7.54. The van der Waals surface area contributed by atoms with Crippen molar-refractivity contribution in [3.05, 3.63) is 34.9 Å². The number of aliphatic imine (C=N–C) groups is 1. The van der Waals surface area contributed by atoms with Crippen LogP contribution in [-0.4, -0.2) is 40.8 Å². The molecule has 154 valence electrons. The van der Waals surface area contributed by atoms with Crippen LogP contribution in [0.2, 0.25) is 5.02 Å². The summed E-state index contributed by atoms with van der Waals surface area (Å²) in [5.41, 5.74) is 1.13. The smallest absolute Gasteiger partial charge is 0.191 e. The minimum atomic E-state index is -0.709. The molecule has 0 heterocycles. The van der Waals surface area contributed by atoms with E-state index >= 15 is 0 Å². The zero-order valence-corrected chi connectivity index (χ0v) is 20.7. The SMILES string of the molecule is CCS(=O)C1CCCC(NC(=NC)NCC(C)(C)c2cccc(Cl)c2)C1.I. The van der Waals surface area contributed by atoms with Gasteiger partial charge in [-0.25, -0.2) is 0 Å². The molecule has 2 N–H and O–H groups in total. The Morgan fingerprint density at radius 2 is 2.11 bits per heavy atom. The van der Waals surface area contributed by atoms with Crippen LogP contribution >= 0.6 is 35.6 Å². The Kier molecular flexibility index (Phi) is 10.6. The molecule has 0 bridgehead atoms. The monoisotopic (exact) mass is 525 g/mol. The van der Waals surface area contributed by atoms with Gasteiger partial charge in [0.1, 0.15) is 0 Å². The van der Waals surface area contributed by atoms with E-state index in [9.17, 15) is 4.21 Å². The Morgan fingerprint density at radius 1 is 1.37 bits per heavy atom. The Morgan fingerprint density at radius 3 is 2.74 bits per heavy atom. The molecular formula is C20H33ClIN3OS. The van der Waals surface area contributed by atoms with E-state index in [-0.39, 0.29) is 29.4 Å². The topological polar surface area (TPSA) is 53.5 Å². The highest BCUT2D eigenvalue weighted by molar-refractivity contribution is 14.0. The molecule has 0 amide bonds. The lowest BCUT2D eigenvalue weighted by Crippen LogP contribution is -2.49. The number of rotatable bonds is 6. The standard InChI is InChI=1S/C20H32ClN3OS.HI/c1-5-26(25)18-11-7-10-17(13-18)24-19(22-4)23-14-20(2,3)15-8-6-9-16(21)12-15;/h6,8-9,12,17-18H,5,7,10-11,13-14H2,1-4H3,(H2,22,23,24);1H. The second-order valence-electron chi connectivity index (χ2n) is 7.62. The zero-order chi connectivity index (χ0) is 19.2. The Bertz CT molecular complexity index is 654. The molecule has 4 nitrogen and oxygen atoms in total. The summed E-state index contributed by atoms with van der Waals surface area (Å²) in [6.07, 6.45) is 4.26. The first kappa shape index (κ1) is 24.7. The van der Waals surface area contributed by atoms with Crippen LogP contribution < -0.4 is 10.6 Å². The number of hydrogen-bond donors (Lipinski definition) is 2. The molecule has 1 saturated carbocycles. The molecular weight excluding hydrogens is 493 g/mol. The third-order valence-corrected chi connectivity index (χ3v) is 7.13. The molecule has 0 spiro atoms. The molecule has 0 aliphatic heterocycles. The molecule has 27 heavy (non-hydrogen) atoms. The average molecular weight is 526 g/mol. The van der Waals surface area contributed by atoms with E-state index in [2.05, 4.69) is 35.5 Å². The Labute approximate surface area is 188 Å². The van der Waals surface area contributed by atoms with Crippen molar-refractivity contribution in [3.8, 4) is 0 Å². The number of hydrogen-bond acceptors (Lipinski definition) is 2. The van der Waals surface area contributed by atoms with Gasteiger partial charge in [-0.1, -0.05) is 50.9 Å². The van der Waals surface area contributed by atoms with Gasteiger partial charge in [-0.2, -0.15) is 0 Å². The van der Waals surface area contributed by atoms with Crippen molar-refractivity contribution in [2.24, 2.45) is 4.99 Å². The molecule has 1 aromatic rings. The summed E-state index contributed by atoms with van der Waals surface area (Å²) in [7, 11) is 1.09. The van der Waals surface area contributed by atoms with Gasteiger partial charge in [0, 0.05) is 51.9 Å². The molecule has 3 unspecified atom stereocenters. The summed E-state index contributed by atoms with van der Waals surface area (Å²) >= 11 is 6.14. The predicted molar refractivity (Wildman–Crippen MR) is 129 cm³/mol. The highest BCUT2D eigenvalue weighted by Crippen LogP contribution is 2.25. The highest BCUT2D eigenvalue weighted by atomic mass is 127. The fourth-order valence-corrected chi connectivity index (χ4v) is 4.99. The van der Waals surface area contributed by atoms with Crippen LogP contribution in [0.15, 0.2) is 29.3 Å². The van der Waals surface area contributed by atoms with Crippen LogP contribution in [0.3, 0.4) is 0 Å². The fraction of sp³-hybridized carbons (Fsp3) is 0.650. The van der Waals surface area contributed by atoms with Crippen molar-refractivity contribution in [2.75, 3.05) is 19.3 Å². The van der Waals surface area contributed by atoms with Crippen molar-refractivity contribution in [2.45, 2.75) is 63.2 Å². The van der Waals surface area contributed by atoms with Crippen LogP contribution in [-0.2, 0) is 16.2 Å². The second kappa shape index (κ2) is 11.6. The van der Waals surface area contributed by atoms with Gasteiger partial charge in [-0.05, 0) is 37.0 Å². The minimum absolute atomic E-state index is 0. The summed E-state index contributed by atoms with van der Waals surface area (Å²) in [6, 6.07) is 8.35. The van der Waals surface area contributed by atoms with E-state index in [0.29, 0.717) is 11.3 Å². The second-order valence-corrected chi connectivity index (χ2v) is 10.1. The Balaban J connectivity index is 0.00000364. The summed E-state index contributed by atoms with van der Waals surface area (Å²) in [5.74, 6) is 1.56. The van der Waals surface area contributed by atoms with Crippen molar-refractivity contribution >= 4 is 52.3 Å². The molecule has 1 aromatic carbocycles. The van der Waals surface area contributed by atoms with E-state index in [1.807, 2.05) is 25.1 Å². The maximum atomic E-state index is 12.1. The first-order valence-electron chi connectivity index (χ1n) is 9.46. The van der Waals surface area contributed by atoms with E-state index in [4.69, 9.17) is 11.6 Å². The van der Waals surface area contributed by atoms with Gasteiger partial charge < -0.3 is 10.6 Å². The molecule has 1 aliphatic carbocycles. The number of benzene rings is 1. The van der Waals surface area contributed by atoms with E-state index in [0.717, 1.165) is 49.0 Å². The molecule has 2 rings (SSSR count). The van der Waals surface area contributed by atoms with Crippen molar-refractivity contribution in [1.29, 1.82) is 0 Å². The van der Waals surface area contributed by atoms with Gasteiger partial charge in [-0.3, -0.25) is 9.20 Å². The van der Waals surface area contributed by atoms with E-state index in [1.165, 1.54) is 5.56 Å². The lowest BCUT2D eigenvalue weighted by Gasteiger charge is -2.32. The van der Waals surface area contributed by atoms with E-state index in [1.54, 1.807) is 7.05 Å². The summed E-state index contributed by atoms with van der Waals surface area (Å²) < 4.78 is 12.1. The van der Waals surface area contributed by atoms with Gasteiger partial charge in [0.15, 0.2) is 5.96 Å². The molecule has 1 aliphatic rings. The minimum Gasteiger partial charge on any atom is -0.356 e. The van der Waals surface area contributed by atoms with Crippen molar-refractivity contribution in [1.82, 2.24) is 10.6 Å². The third-order valence-electron chi connectivity index (χ3n) is 5.15. The normalized spacial score (nSPS) is 21.9. The van der Waals surface area contributed by atoms with Crippen LogP contribution in [0.1, 0.15) is 52.0 Å². The molecule has 1 fully saturated rings. The number of halogens is 2. The maximum absolute atomic E-state index is 12.1. The molecule has 7 heteroatoms. The molecule has 0 saturated heterocycles. The lowest BCUT2D eigenvalue weighted by molar-refractivity contribution is 0.410. The zero-order valence-electron chi connectivity index (χ0n) is 16.8. The van der Waals surface area contributed by atoms with Gasteiger partial charge in [0.05, 0.1) is 0 Å². The summed E-state index contributed by atoms with van der Waals surface area (Å²) in [5, 5.41) is 8.05. The first-order valence-corrected chi connectivity index (χ1v) is 11.2. The molecule has 0 aromatic heterocycles. The lowest BCUT2D eigenvalue weighted by atomic mass is 9.84. The van der Waals surface area contributed by atoms with Crippen molar-refractivity contribution < 1.29 is 4.21 Å². The van der Waals surface area contributed by atoms with Crippen LogP contribution in [0.5, 0.6) is 0 Å². The maximum Gasteiger partial charge on any atom is 0.191 e. The quantitative estimate of drug-likeness (QED) is 0.327. The van der Waals surface area contributed by atoms with Crippen molar-refractivity contribution in [3.63, 3.8) is 0 Å². The number of nitrogens with one attached hydrogen (secondary N) is 2. The van der Waals surface area contributed by atoms with Gasteiger partial charge in [0.25, 0.3) is 0 Å². The van der Waals surface area contributed by atoms with Gasteiger partial charge in [0.2, 0.25) is 0 Å². The van der Waals surface area contributed by atoms with Crippen LogP contribution in [0.4, 0.5) is 0 Å². The summed E-state index contributed by atoms with van der Waals surface area (Å²) in [4.78, 5) is 4.38. The summed E-state index contributed by atoms with van der Waals surface area (Å²) in [6.45, 7) is 7.15. The average Bonchev–Trinajstić information content (AvgIpc) is 2.64. The first-order chi connectivity index (χ1) is 12.4. The predicted octanol–water partition coefficient (Wildman–Crippen LogP) is 4.48. The largest absolute Gasteiger partial charge is 0.356 e. The molecule has 0 radical (unpaired) electrons. The number of guanidine groups is 1. The fourth-order valence-electron chi connectivity index (χ4n) is 3.45. The highest BCUT2D eigenvalue weighted by Gasteiger charge is 2.27. The van der Waals surface area contributed by atoms with Gasteiger partial charge >= 0.3 is 0 Å².